The highest BCUT2D eigenvalue weighted by Crippen LogP contribution is 2.39. The quantitative estimate of drug-likeness (QED) is 0.738. The summed E-state index contributed by atoms with van der Waals surface area (Å²) in [6, 6.07) is 9.79. The first-order chi connectivity index (χ1) is 12.6. The maximum absolute atomic E-state index is 10.00. The summed E-state index contributed by atoms with van der Waals surface area (Å²) < 4.78 is 12.0. The van der Waals surface area contributed by atoms with E-state index in [-0.39, 0.29) is 25.4 Å². The first-order valence-electron chi connectivity index (χ1n) is 8.46. The molecule has 3 atom stereocenters. The molecule has 2 aromatic rings. The van der Waals surface area contributed by atoms with Crippen molar-refractivity contribution >= 4 is 22.9 Å². The van der Waals surface area contributed by atoms with Gasteiger partial charge < -0.3 is 19.7 Å². The first-order valence-corrected chi connectivity index (χ1v) is 9.66. The molecule has 1 aromatic heterocycles. The van der Waals surface area contributed by atoms with Crippen molar-refractivity contribution in [3.05, 3.63) is 50.7 Å². The minimum atomic E-state index is -0.467. The van der Waals surface area contributed by atoms with Crippen molar-refractivity contribution in [2.75, 3.05) is 13.2 Å². The molecule has 0 saturated carbocycles. The van der Waals surface area contributed by atoms with Crippen LogP contribution >= 0.6 is 22.9 Å². The van der Waals surface area contributed by atoms with Crippen molar-refractivity contribution in [3.8, 4) is 18.1 Å². The highest BCUT2D eigenvalue weighted by atomic mass is 35.5. The molecule has 4 nitrogen and oxygen atoms in total. The van der Waals surface area contributed by atoms with Crippen molar-refractivity contribution in [1.82, 2.24) is 0 Å². The smallest absolute Gasteiger partial charge is 0.148 e. The van der Waals surface area contributed by atoms with Crippen molar-refractivity contribution in [2.24, 2.45) is 0 Å². The lowest BCUT2D eigenvalue weighted by atomic mass is 9.99. The Hall–Kier alpha value is -1.55. The van der Waals surface area contributed by atoms with Gasteiger partial charge in [0.1, 0.15) is 12.4 Å². The summed E-state index contributed by atoms with van der Waals surface area (Å²) in [5.74, 6) is 3.18. The van der Waals surface area contributed by atoms with E-state index in [0.29, 0.717) is 19.3 Å². The fraction of sp³-hybridized carbons (Fsp3) is 0.400. The molecule has 1 aliphatic rings. The van der Waals surface area contributed by atoms with Crippen LogP contribution in [-0.2, 0) is 11.2 Å². The summed E-state index contributed by atoms with van der Waals surface area (Å²) >= 11 is 7.89. The summed E-state index contributed by atoms with van der Waals surface area (Å²) in [5, 5.41) is 19.3. The average molecular weight is 393 g/mol. The van der Waals surface area contributed by atoms with Gasteiger partial charge in [0.25, 0.3) is 0 Å². The molecule has 1 aliphatic heterocycles. The second kappa shape index (κ2) is 8.90. The molecule has 1 saturated heterocycles. The Balaban J connectivity index is 1.69. The van der Waals surface area contributed by atoms with Gasteiger partial charge >= 0.3 is 0 Å². The minimum absolute atomic E-state index is 0.0897. The zero-order valence-electron chi connectivity index (χ0n) is 14.2. The van der Waals surface area contributed by atoms with Crippen molar-refractivity contribution in [3.63, 3.8) is 0 Å². The molecule has 0 radical (unpaired) electrons. The number of benzene rings is 1. The van der Waals surface area contributed by atoms with Crippen LogP contribution in [0, 0.1) is 12.3 Å². The molecule has 138 valence electrons. The van der Waals surface area contributed by atoms with Gasteiger partial charge in [-0.05, 0) is 35.7 Å². The molecular weight excluding hydrogens is 372 g/mol. The maximum Gasteiger partial charge on any atom is 0.148 e. The summed E-state index contributed by atoms with van der Waals surface area (Å²) in [4.78, 5) is 0.983. The number of hydrogen-bond donors (Lipinski definition) is 2. The minimum Gasteiger partial charge on any atom is -0.481 e. The molecule has 2 heterocycles. The highest BCUT2D eigenvalue weighted by molar-refractivity contribution is 7.16. The molecule has 0 amide bonds. The Morgan fingerprint density at radius 2 is 2.08 bits per heavy atom. The van der Waals surface area contributed by atoms with E-state index in [9.17, 15) is 10.2 Å². The summed E-state index contributed by atoms with van der Waals surface area (Å²) in [5.41, 5.74) is 2.13. The number of aliphatic hydroxyl groups is 2. The molecule has 3 unspecified atom stereocenters. The normalized spacial score (nSPS) is 22.8. The van der Waals surface area contributed by atoms with Gasteiger partial charge in [-0.1, -0.05) is 29.7 Å². The Labute approximate surface area is 162 Å². The van der Waals surface area contributed by atoms with E-state index in [1.807, 2.05) is 30.3 Å². The van der Waals surface area contributed by atoms with E-state index in [1.165, 1.54) is 11.3 Å². The van der Waals surface area contributed by atoms with E-state index >= 15 is 0 Å². The second-order valence-corrected chi connectivity index (χ2v) is 8.00. The van der Waals surface area contributed by atoms with Crippen LogP contribution < -0.4 is 4.74 Å². The van der Waals surface area contributed by atoms with Crippen LogP contribution in [0.25, 0.3) is 0 Å². The van der Waals surface area contributed by atoms with Gasteiger partial charge in [0.2, 0.25) is 0 Å². The number of halogens is 1. The summed E-state index contributed by atoms with van der Waals surface area (Å²) in [7, 11) is 0. The van der Waals surface area contributed by atoms with Crippen LogP contribution in [0.3, 0.4) is 0 Å². The van der Waals surface area contributed by atoms with Crippen LogP contribution in [0.15, 0.2) is 30.3 Å². The molecule has 1 aromatic carbocycles. The molecule has 0 aliphatic carbocycles. The summed E-state index contributed by atoms with van der Waals surface area (Å²) in [6.07, 6.45) is 5.84. The van der Waals surface area contributed by atoms with Gasteiger partial charge in [-0.2, -0.15) is 0 Å². The van der Waals surface area contributed by atoms with Gasteiger partial charge in [-0.3, -0.25) is 0 Å². The molecule has 6 heteroatoms. The second-order valence-electron chi connectivity index (χ2n) is 6.32. The molecule has 26 heavy (non-hydrogen) atoms. The van der Waals surface area contributed by atoms with Gasteiger partial charge in [0, 0.05) is 17.7 Å². The van der Waals surface area contributed by atoms with Crippen LogP contribution in [0.1, 0.15) is 34.9 Å². The number of terminal acetylenes is 1. The van der Waals surface area contributed by atoms with E-state index < -0.39 is 6.10 Å². The largest absolute Gasteiger partial charge is 0.481 e. The van der Waals surface area contributed by atoms with Crippen LogP contribution in [0.2, 0.25) is 4.34 Å². The standard InChI is InChI=1S/C20H21ClO4S/c1-2-7-24-16-5-3-13(4-6-16)8-14-9-19(26-20(14)21)18-11-15(23)10-17(12-22)25-18/h1,3-6,9,15,17-18,22-23H,7-8,10-12H2. The lowest BCUT2D eigenvalue weighted by Crippen LogP contribution is -2.33. The predicted molar refractivity (Wildman–Crippen MR) is 103 cm³/mol. The predicted octanol–water partition coefficient (Wildman–Crippen LogP) is 3.58. The Bertz CT molecular complexity index is 765. The van der Waals surface area contributed by atoms with Gasteiger partial charge in [-0.25, -0.2) is 0 Å². The van der Waals surface area contributed by atoms with E-state index in [2.05, 4.69) is 5.92 Å². The first kappa shape index (κ1) is 19.2. The topological polar surface area (TPSA) is 58.9 Å². The number of aliphatic hydroxyl groups excluding tert-OH is 2. The molecular formula is C20H21ClO4S. The Kier molecular flexibility index (Phi) is 6.58. The van der Waals surface area contributed by atoms with Crippen LogP contribution in [-0.4, -0.2) is 35.6 Å². The van der Waals surface area contributed by atoms with Gasteiger partial charge in [-0.15, -0.1) is 17.8 Å². The zero-order valence-corrected chi connectivity index (χ0v) is 15.8. The number of ether oxygens (including phenoxy) is 2. The van der Waals surface area contributed by atoms with Crippen molar-refractivity contribution in [2.45, 2.75) is 37.6 Å². The van der Waals surface area contributed by atoms with E-state index in [1.54, 1.807) is 0 Å². The fourth-order valence-electron chi connectivity index (χ4n) is 3.05. The molecule has 0 spiro atoms. The number of hydrogen-bond acceptors (Lipinski definition) is 5. The third-order valence-corrected chi connectivity index (χ3v) is 5.85. The fourth-order valence-corrected chi connectivity index (χ4v) is 4.39. The van der Waals surface area contributed by atoms with Gasteiger partial charge in [0.15, 0.2) is 0 Å². The summed E-state index contributed by atoms with van der Waals surface area (Å²) in [6.45, 7) is 0.161. The van der Waals surface area contributed by atoms with E-state index in [0.717, 1.165) is 26.1 Å². The molecule has 2 N–H and O–H groups in total. The Morgan fingerprint density at radius 3 is 2.77 bits per heavy atom. The third-order valence-electron chi connectivity index (χ3n) is 4.32. The Morgan fingerprint density at radius 1 is 1.31 bits per heavy atom. The van der Waals surface area contributed by atoms with Gasteiger partial charge in [0.05, 0.1) is 29.3 Å². The SMILES string of the molecule is C#CCOc1ccc(Cc2cc(C3CC(O)CC(CO)O3)sc2Cl)cc1. The van der Waals surface area contributed by atoms with Crippen molar-refractivity contribution in [1.29, 1.82) is 0 Å². The molecule has 0 bridgehead atoms. The lowest BCUT2D eigenvalue weighted by Gasteiger charge is -2.31. The molecule has 3 rings (SSSR count). The number of thiophene rings is 1. The van der Waals surface area contributed by atoms with E-state index in [4.69, 9.17) is 27.5 Å². The van der Waals surface area contributed by atoms with Crippen LogP contribution in [0.4, 0.5) is 0 Å². The monoisotopic (exact) mass is 392 g/mol. The lowest BCUT2D eigenvalue weighted by molar-refractivity contribution is -0.112. The third kappa shape index (κ3) is 4.79. The maximum atomic E-state index is 10.00. The van der Waals surface area contributed by atoms with Crippen LogP contribution in [0.5, 0.6) is 5.75 Å². The average Bonchev–Trinajstić information content (AvgIpc) is 3.01. The molecule has 1 fully saturated rings. The number of rotatable bonds is 6. The zero-order chi connectivity index (χ0) is 18.5. The van der Waals surface area contributed by atoms with Crippen molar-refractivity contribution < 1.29 is 19.7 Å². The highest BCUT2D eigenvalue weighted by Gasteiger charge is 2.30.